The molecule has 7 heteroatoms. The summed E-state index contributed by atoms with van der Waals surface area (Å²) in [6.45, 7) is 1.35. The van der Waals surface area contributed by atoms with E-state index in [9.17, 15) is 18.0 Å². The molecule has 1 aromatic heterocycles. The monoisotopic (exact) mass is 273 g/mol. The molecule has 1 saturated carbocycles. The van der Waals surface area contributed by atoms with Gasteiger partial charge in [0, 0.05) is 18.8 Å². The number of hydrogen-bond donors (Lipinski definition) is 0. The van der Waals surface area contributed by atoms with Crippen molar-refractivity contribution in [2.45, 2.75) is 50.7 Å². The summed E-state index contributed by atoms with van der Waals surface area (Å²) in [5.41, 5.74) is 0. The molecule has 1 aliphatic carbocycles. The Hall–Kier alpha value is -1.40. The molecule has 0 amide bonds. The lowest BCUT2D eigenvalue weighted by atomic mass is 10.1. The molecule has 19 heavy (non-hydrogen) atoms. The number of fused-ring (bicyclic) bond motifs is 1. The Kier molecular flexibility index (Phi) is 2.69. The molecule has 2 heterocycles. The van der Waals surface area contributed by atoms with Gasteiger partial charge in [-0.15, -0.1) is 5.10 Å². The molecule has 4 nitrogen and oxygen atoms in total. The van der Waals surface area contributed by atoms with E-state index in [-0.39, 0.29) is 29.8 Å². The molecule has 1 aliphatic heterocycles. The summed E-state index contributed by atoms with van der Waals surface area (Å²) in [5, 5.41) is 3.83. The predicted octanol–water partition coefficient (Wildman–Crippen LogP) is 2.87. The van der Waals surface area contributed by atoms with Crippen molar-refractivity contribution in [2.75, 3.05) is 0 Å². The maximum atomic E-state index is 13.8. The quantitative estimate of drug-likeness (QED) is 0.792. The highest BCUT2D eigenvalue weighted by Gasteiger charge is 2.49. The van der Waals surface area contributed by atoms with Crippen LogP contribution >= 0.6 is 0 Å². The smallest absolute Gasteiger partial charge is 0.270 e. The maximum Gasteiger partial charge on any atom is 0.270 e. The van der Waals surface area contributed by atoms with Gasteiger partial charge in [0.1, 0.15) is 6.04 Å². The second kappa shape index (κ2) is 4.05. The van der Waals surface area contributed by atoms with Crippen LogP contribution in [0, 0.1) is 5.92 Å². The molecule has 1 fully saturated rings. The number of rotatable bonds is 4. The summed E-state index contributed by atoms with van der Waals surface area (Å²) in [4.78, 5) is 15.6. The molecule has 2 aliphatic rings. The van der Waals surface area contributed by atoms with Crippen LogP contribution in [0.4, 0.5) is 13.2 Å². The topological polar surface area (TPSA) is 47.8 Å². The molecule has 0 unspecified atom stereocenters. The van der Waals surface area contributed by atoms with Gasteiger partial charge in [0.25, 0.3) is 5.92 Å². The molecule has 0 N–H and O–H groups in total. The van der Waals surface area contributed by atoms with Crippen LogP contribution in [0.1, 0.15) is 61.3 Å². The maximum absolute atomic E-state index is 13.8. The number of nitrogens with zero attached hydrogens (tertiary/aromatic N) is 3. The summed E-state index contributed by atoms with van der Waals surface area (Å²) in [6, 6.07) is -1.34. The normalized spacial score (nSPS) is 26.5. The number of ketones is 1. The van der Waals surface area contributed by atoms with Gasteiger partial charge in [-0.1, -0.05) is 6.92 Å². The van der Waals surface area contributed by atoms with Crippen molar-refractivity contribution in [3.05, 3.63) is 11.6 Å². The number of alkyl halides is 3. The number of hydrogen-bond acceptors (Lipinski definition) is 3. The average Bonchev–Trinajstić information content (AvgIpc) is 3.05. The van der Waals surface area contributed by atoms with E-state index >= 15 is 0 Å². The molecule has 0 bridgehead atoms. The Labute approximate surface area is 108 Å². The van der Waals surface area contributed by atoms with E-state index < -0.39 is 24.6 Å². The van der Waals surface area contributed by atoms with Crippen molar-refractivity contribution in [1.29, 1.82) is 0 Å². The SMILES string of the molecule is CCC(F)(F)[C@@H]1C[C@@H](F)c2nc(C(=O)C3CC3)nn21. The Morgan fingerprint density at radius 1 is 1.47 bits per heavy atom. The number of carbonyl (C=O) groups is 1. The molecule has 0 saturated heterocycles. The molecule has 1 aromatic rings. The van der Waals surface area contributed by atoms with E-state index in [1.165, 1.54) is 6.92 Å². The van der Waals surface area contributed by atoms with Gasteiger partial charge >= 0.3 is 0 Å². The van der Waals surface area contributed by atoms with E-state index in [4.69, 9.17) is 0 Å². The molecular formula is C12H14F3N3O. The van der Waals surface area contributed by atoms with Crippen molar-refractivity contribution in [3.8, 4) is 0 Å². The number of halogens is 3. The van der Waals surface area contributed by atoms with Gasteiger partial charge in [-0.05, 0) is 12.8 Å². The fourth-order valence-electron chi connectivity index (χ4n) is 2.40. The molecule has 104 valence electrons. The summed E-state index contributed by atoms with van der Waals surface area (Å²) >= 11 is 0. The fourth-order valence-corrected chi connectivity index (χ4v) is 2.40. The third-order valence-electron chi connectivity index (χ3n) is 3.79. The Balaban J connectivity index is 1.95. The molecule has 0 aromatic carbocycles. The third-order valence-corrected chi connectivity index (χ3v) is 3.79. The summed E-state index contributed by atoms with van der Waals surface area (Å²) in [5.74, 6) is -3.65. The van der Waals surface area contributed by atoms with E-state index in [2.05, 4.69) is 10.1 Å². The lowest BCUT2D eigenvalue weighted by Gasteiger charge is -2.21. The molecule has 0 radical (unpaired) electrons. The summed E-state index contributed by atoms with van der Waals surface area (Å²) < 4.78 is 42.2. The third kappa shape index (κ3) is 1.95. The fraction of sp³-hybridized carbons (Fsp3) is 0.750. The van der Waals surface area contributed by atoms with Gasteiger partial charge in [0.05, 0.1) is 0 Å². The van der Waals surface area contributed by atoms with Crippen LogP contribution in [-0.2, 0) is 0 Å². The average molecular weight is 273 g/mol. The van der Waals surface area contributed by atoms with Crippen molar-refractivity contribution >= 4 is 5.78 Å². The zero-order valence-electron chi connectivity index (χ0n) is 10.4. The first-order valence-electron chi connectivity index (χ1n) is 6.46. The second-order valence-electron chi connectivity index (χ2n) is 5.21. The lowest BCUT2D eigenvalue weighted by molar-refractivity contribution is -0.0584. The molecule has 3 rings (SSSR count). The highest BCUT2D eigenvalue weighted by atomic mass is 19.3. The van der Waals surface area contributed by atoms with Crippen LogP contribution in [0.5, 0.6) is 0 Å². The number of Topliss-reactive ketones (excluding diaryl/α,β-unsaturated/α-hetero) is 1. The molecule has 2 atom stereocenters. The van der Waals surface area contributed by atoms with Crippen LogP contribution in [0.25, 0.3) is 0 Å². The minimum atomic E-state index is -3.04. The zero-order chi connectivity index (χ0) is 13.8. The van der Waals surface area contributed by atoms with Gasteiger partial charge in [-0.3, -0.25) is 4.79 Å². The van der Waals surface area contributed by atoms with E-state index in [1.807, 2.05) is 0 Å². The van der Waals surface area contributed by atoms with Gasteiger partial charge < -0.3 is 0 Å². The van der Waals surface area contributed by atoms with Crippen molar-refractivity contribution in [1.82, 2.24) is 14.8 Å². The van der Waals surface area contributed by atoms with Crippen LogP contribution in [-0.4, -0.2) is 26.5 Å². The Bertz CT molecular complexity index is 524. The minimum Gasteiger partial charge on any atom is -0.290 e. The largest absolute Gasteiger partial charge is 0.290 e. The van der Waals surface area contributed by atoms with Gasteiger partial charge in [0.15, 0.2) is 12.0 Å². The van der Waals surface area contributed by atoms with Crippen LogP contribution in [0.15, 0.2) is 0 Å². The standard InChI is InChI=1S/C12H14F3N3O/c1-2-12(14,15)8-5-7(13)11-16-10(17-18(8)11)9(19)6-3-4-6/h6-8H,2-5H2,1H3/t7-,8+/m1/s1. The second-order valence-corrected chi connectivity index (χ2v) is 5.21. The van der Waals surface area contributed by atoms with Gasteiger partial charge in [0.2, 0.25) is 11.6 Å². The predicted molar refractivity (Wildman–Crippen MR) is 59.8 cm³/mol. The summed E-state index contributed by atoms with van der Waals surface area (Å²) in [6.07, 6.45) is -0.744. The minimum absolute atomic E-state index is 0.105. The van der Waals surface area contributed by atoms with Gasteiger partial charge in [-0.2, -0.15) is 0 Å². The first kappa shape index (κ1) is 12.6. The molecular weight excluding hydrogens is 259 g/mol. The summed E-state index contributed by atoms with van der Waals surface area (Å²) in [7, 11) is 0. The number of aromatic nitrogens is 3. The lowest BCUT2D eigenvalue weighted by Crippen LogP contribution is -2.29. The van der Waals surface area contributed by atoms with Crippen molar-refractivity contribution in [2.24, 2.45) is 5.92 Å². The Morgan fingerprint density at radius 2 is 2.16 bits per heavy atom. The van der Waals surface area contributed by atoms with Crippen LogP contribution in [0.3, 0.4) is 0 Å². The highest BCUT2D eigenvalue weighted by molar-refractivity contribution is 5.95. The van der Waals surface area contributed by atoms with E-state index in [0.29, 0.717) is 0 Å². The van der Waals surface area contributed by atoms with Crippen molar-refractivity contribution in [3.63, 3.8) is 0 Å². The van der Waals surface area contributed by atoms with Crippen LogP contribution in [0.2, 0.25) is 0 Å². The Morgan fingerprint density at radius 3 is 2.74 bits per heavy atom. The van der Waals surface area contributed by atoms with Crippen LogP contribution < -0.4 is 0 Å². The zero-order valence-corrected chi connectivity index (χ0v) is 10.4. The first-order chi connectivity index (χ1) is 8.94. The van der Waals surface area contributed by atoms with Gasteiger partial charge in [-0.25, -0.2) is 22.8 Å². The van der Waals surface area contributed by atoms with Crippen molar-refractivity contribution < 1.29 is 18.0 Å². The highest BCUT2D eigenvalue weighted by Crippen LogP contribution is 2.45. The first-order valence-corrected chi connectivity index (χ1v) is 6.46. The number of carbonyl (C=O) groups excluding carboxylic acids is 1. The molecule has 0 spiro atoms. The van der Waals surface area contributed by atoms with E-state index in [0.717, 1.165) is 17.5 Å². The van der Waals surface area contributed by atoms with E-state index in [1.54, 1.807) is 0 Å².